The minimum atomic E-state index is -0.649. The number of fused-ring (bicyclic) bond motifs is 3. The Morgan fingerprint density at radius 3 is 2.64 bits per heavy atom. The first-order valence-electron chi connectivity index (χ1n) is 7.52. The number of likely N-dealkylation sites (N-methyl/N-ethyl adjacent to an activating group) is 1. The SMILES string of the molecule is CN1C[C@H]2COC[C@@H]1CN(C(=O)Cc1cc(F)cc(F)c1)C2. The molecule has 0 aliphatic carbocycles. The summed E-state index contributed by atoms with van der Waals surface area (Å²) in [6.07, 6.45) is 0.0265. The molecule has 2 bridgehead atoms. The molecule has 2 saturated heterocycles. The Hall–Kier alpha value is -1.53. The van der Waals surface area contributed by atoms with Crippen molar-refractivity contribution < 1.29 is 18.3 Å². The molecule has 1 amide bonds. The van der Waals surface area contributed by atoms with Crippen LogP contribution in [0.3, 0.4) is 0 Å². The molecule has 0 spiro atoms. The van der Waals surface area contributed by atoms with Crippen molar-refractivity contribution in [2.75, 3.05) is 39.9 Å². The summed E-state index contributed by atoms with van der Waals surface area (Å²) in [7, 11) is 2.04. The largest absolute Gasteiger partial charge is 0.379 e. The van der Waals surface area contributed by atoms with Gasteiger partial charge in [-0.15, -0.1) is 0 Å². The maximum absolute atomic E-state index is 13.2. The molecule has 0 unspecified atom stereocenters. The van der Waals surface area contributed by atoms with E-state index >= 15 is 0 Å². The molecule has 0 aromatic heterocycles. The molecule has 120 valence electrons. The van der Waals surface area contributed by atoms with Gasteiger partial charge in [0.15, 0.2) is 0 Å². The monoisotopic (exact) mass is 310 g/mol. The molecule has 1 aromatic rings. The molecule has 6 heteroatoms. The van der Waals surface area contributed by atoms with Gasteiger partial charge in [-0.3, -0.25) is 9.69 Å². The van der Waals surface area contributed by atoms with E-state index < -0.39 is 11.6 Å². The Morgan fingerprint density at radius 2 is 1.91 bits per heavy atom. The van der Waals surface area contributed by atoms with Gasteiger partial charge in [0.2, 0.25) is 5.91 Å². The molecule has 3 rings (SSSR count). The van der Waals surface area contributed by atoms with Gasteiger partial charge in [0.1, 0.15) is 11.6 Å². The second kappa shape index (κ2) is 6.30. The topological polar surface area (TPSA) is 32.8 Å². The first-order chi connectivity index (χ1) is 10.5. The van der Waals surface area contributed by atoms with Crippen LogP contribution >= 0.6 is 0 Å². The number of carbonyl (C=O) groups excluding carboxylic acids is 1. The van der Waals surface area contributed by atoms with Crippen LogP contribution < -0.4 is 0 Å². The standard InChI is InChI=1S/C16H20F2N2O2/c1-19-6-12-7-20(8-15(19)10-22-9-12)16(21)4-11-2-13(17)5-14(18)3-11/h2-3,5,12,15H,4,6-10H2,1H3/t12-,15+/m1/s1. The van der Waals surface area contributed by atoms with Crippen molar-refractivity contribution >= 4 is 5.91 Å². The molecule has 0 N–H and O–H groups in total. The predicted molar refractivity (Wildman–Crippen MR) is 77.4 cm³/mol. The summed E-state index contributed by atoms with van der Waals surface area (Å²) in [5.74, 6) is -1.10. The molecule has 4 nitrogen and oxygen atoms in total. The van der Waals surface area contributed by atoms with Crippen LogP contribution in [0.1, 0.15) is 5.56 Å². The number of hydrogen-bond donors (Lipinski definition) is 0. The van der Waals surface area contributed by atoms with Gasteiger partial charge in [0.05, 0.1) is 25.7 Å². The summed E-state index contributed by atoms with van der Waals surface area (Å²) in [6, 6.07) is 3.43. The molecule has 1 aromatic carbocycles. The van der Waals surface area contributed by atoms with Crippen molar-refractivity contribution in [1.29, 1.82) is 0 Å². The lowest BCUT2D eigenvalue weighted by Gasteiger charge is -2.29. The third-order valence-corrected chi connectivity index (χ3v) is 4.37. The summed E-state index contributed by atoms with van der Waals surface area (Å²) in [5, 5.41) is 0. The zero-order valence-corrected chi connectivity index (χ0v) is 12.6. The normalized spacial score (nSPS) is 25.9. The number of amides is 1. The summed E-state index contributed by atoms with van der Waals surface area (Å²) >= 11 is 0. The van der Waals surface area contributed by atoms with Gasteiger partial charge in [-0.1, -0.05) is 0 Å². The molecule has 2 atom stereocenters. The lowest BCUT2D eigenvalue weighted by atomic mass is 10.1. The van der Waals surface area contributed by atoms with Gasteiger partial charge >= 0.3 is 0 Å². The molecule has 0 radical (unpaired) electrons. The van der Waals surface area contributed by atoms with Crippen molar-refractivity contribution in [2.45, 2.75) is 12.5 Å². The molecule has 0 saturated carbocycles. The Labute approximate surface area is 128 Å². The summed E-state index contributed by atoms with van der Waals surface area (Å²) in [6.45, 7) is 3.41. The summed E-state index contributed by atoms with van der Waals surface area (Å²) < 4.78 is 32.1. The van der Waals surface area contributed by atoms with E-state index in [0.29, 0.717) is 31.9 Å². The van der Waals surface area contributed by atoms with E-state index in [2.05, 4.69) is 4.90 Å². The molecule has 2 aliphatic rings. The fourth-order valence-electron chi connectivity index (χ4n) is 3.25. The van der Waals surface area contributed by atoms with E-state index in [1.807, 2.05) is 11.9 Å². The number of nitrogens with zero attached hydrogens (tertiary/aromatic N) is 2. The third kappa shape index (κ3) is 3.44. The van der Waals surface area contributed by atoms with Crippen molar-refractivity contribution in [3.05, 3.63) is 35.4 Å². The zero-order valence-electron chi connectivity index (χ0n) is 12.6. The Balaban J connectivity index is 1.72. The number of ether oxygens (including phenoxy) is 1. The van der Waals surface area contributed by atoms with Gasteiger partial charge in [0.25, 0.3) is 0 Å². The lowest BCUT2D eigenvalue weighted by molar-refractivity contribution is -0.132. The Kier molecular flexibility index (Phi) is 4.40. The first-order valence-corrected chi connectivity index (χ1v) is 7.52. The van der Waals surface area contributed by atoms with Gasteiger partial charge in [-0.05, 0) is 24.7 Å². The highest BCUT2D eigenvalue weighted by molar-refractivity contribution is 5.79. The minimum Gasteiger partial charge on any atom is -0.379 e. The average molecular weight is 310 g/mol. The van der Waals surface area contributed by atoms with Gasteiger partial charge < -0.3 is 9.64 Å². The van der Waals surface area contributed by atoms with E-state index in [1.165, 1.54) is 12.1 Å². The fourth-order valence-corrected chi connectivity index (χ4v) is 3.25. The molecule has 2 aliphatic heterocycles. The Bertz CT molecular complexity index is 547. The fraction of sp³-hybridized carbons (Fsp3) is 0.562. The van der Waals surface area contributed by atoms with Crippen LogP contribution in [0, 0.1) is 17.6 Å². The van der Waals surface area contributed by atoms with Gasteiger partial charge in [0, 0.05) is 31.6 Å². The van der Waals surface area contributed by atoms with Gasteiger partial charge in [-0.25, -0.2) is 8.78 Å². The van der Waals surface area contributed by atoms with Gasteiger partial charge in [-0.2, -0.15) is 0 Å². The summed E-state index contributed by atoms with van der Waals surface area (Å²) in [5.41, 5.74) is 0.376. The Morgan fingerprint density at radius 1 is 1.18 bits per heavy atom. The maximum Gasteiger partial charge on any atom is 0.227 e. The first kappa shape index (κ1) is 15.4. The van der Waals surface area contributed by atoms with E-state index in [-0.39, 0.29) is 24.3 Å². The zero-order chi connectivity index (χ0) is 15.7. The van der Waals surface area contributed by atoms with Crippen LogP contribution in [-0.4, -0.2) is 61.6 Å². The highest BCUT2D eigenvalue weighted by Crippen LogP contribution is 2.19. The van der Waals surface area contributed by atoms with Crippen molar-refractivity contribution in [2.24, 2.45) is 5.92 Å². The van der Waals surface area contributed by atoms with Crippen LogP contribution in [-0.2, 0) is 16.0 Å². The molecular formula is C16H20F2N2O2. The van der Waals surface area contributed by atoms with Crippen molar-refractivity contribution in [3.8, 4) is 0 Å². The predicted octanol–water partition coefficient (Wildman–Crippen LogP) is 1.30. The highest BCUT2D eigenvalue weighted by Gasteiger charge is 2.33. The van der Waals surface area contributed by atoms with Crippen molar-refractivity contribution in [1.82, 2.24) is 9.80 Å². The van der Waals surface area contributed by atoms with E-state index in [9.17, 15) is 13.6 Å². The van der Waals surface area contributed by atoms with E-state index in [4.69, 9.17) is 4.74 Å². The number of halogens is 2. The quantitative estimate of drug-likeness (QED) is 0.825. The maximum atomic E-state index is 13.2. The minimum absolute atomic E-state index is 0.0265. The van der Waals surface area contributed by atoms with Crippen LogP contribution in [0.4, 0.5) is 8.78 Å². The third-order valence-electron chi connectivity index (χ3n) is 4.37. The van der Waals surface area contributed by atoms with Crippen LogP contribution in [0.2, 0.25) is 0 Å². The van der Waals surface area contributed by atoms with Crippen LogP contribution in [0.25, 0.3) is 0 Å². The number of hydrogen-bond acceptors (Lipinski definition) is 3. The number of benzene rings is 1. The molecule has 2 heterocycles. The number of rotatable bonds is 2. The van der Waals surface area contributed by atoms with Crippen LogP contribution in [0.5, 0.6) is 0 Å². The average Bonchev–Trinajstić information content (AvgIpc) is 2.65. The highest BCUT2D eigenvalue weighted by atomic mass is 19.1. The van der Waals surface area contributed by atoms with E-state index in [0.717, 1.165) is 12.6 Å². The van der Waals surface area contributed by atoms with Crippen LogP contribution in [0.15, 0.2) is 18.2 Å². The van der Waals surface area contributed by atoms with Crippen molar-refractivity contribution in [3.63, 3.8) is 0 Å². The van der Waals surface area contributed by atoms with E-state index in [1.54, 1.807) is 0 Å². The summed E-state index contributed by atoms with van der Waals surface area (Å²) in [4.78, 5) is 16.5. The molecule has 22 heavy (non-hydrogen) atoms. The number of carbonyl (C=O) groups is 1. The lowest BCUT2D eigenvalue weighted by Crippen LogP contribution is -2.45. The smallest absolute Gasteiger partial charge is 0.227 e. The second-order valence-electron chi connectivity index (χ2n) is 6.25. The molecule has 2 fully saturated rings. The second-order valence-corrected chi connectivity index (χ2v) is 6.25. The molecular weight excluding hydrogens is 290 g/mol.